The maximum atomic E-state index is 12.8. The van der Waals surface area contributed by atoms with Crippen molar-refractivity contribution in [1.82, 2.24) is 4.90 Å². The van der Waals surface area contributed by atoms with E-state index < -0.39 is 17.7 Å². The van der Waals surface area contributed by atoms with E-state index in [-0.39, 0.29) is 29.7 Å². The molecule has 0 aromatic heterocycles. The highest BCUT2D eigenvalue weighted by Gasteiger charge is 2.62. The molecule has 4 nitrogen and oxygen atoms in total. The molecular formula is C13H13Cl2F3N2O2. The number of amides is 1. The van der Waals surface area contributed by atoms with Crippen LogP contribution in [0.25, 0.3) is 0 Å². The molecule has 1 heterocycles. The highest BCUT2D eigenvalue weighted by molar-refractivity contribution is 6.43. The van der Waals surface area contributed by atoms with Gasteiger partial charge in [-0.25, -0.2) is 0 Å². The van der Waals surface area contributed by atoms with Crippen molar-refractivity contribution in [1.29, 1.82) is 0 Å². The van der Waals surface area contributed by atoms with Crippen molar-refractivity contribution >= 4 is 34.8 Å². The average molecular weight is 357 g/mol. The zero-order valence-corrected chi connectivity index (χ0v) is 13.0. The zero-order chi connectivity index (χ0) is 16.5. The molecule has 0 radical (unpaired) electrons. The molecule has 1 aliphatic rings. The van der Waals surface area contributed by atoms with Crippen LogP contribution in [0.2, 0.25) is 10.0 Å². The van der Waals surface area contributed by atoms with Gasteiger partial charge in [-0.3, -0.25) is 9.69 Å². The van der Waals surface area contributed by atoms with Crippen molar-refractivity contribution in [2.24, 2.45) is 0 Å². The van der Waals surface area contributed by atoms with Crippen molar-refractivity contribution in [2.45, 2.75) is 11.8 Å². The molecule has 1 N–H and O–H groups in total. The predicted octanol–water partition coefficient (Wildman–Crippen LogP) is 3.20. The Bertz CT molecular complexity index is 575. The van der Waals surface area contributed by atoms with E-state index in [9.17, 15) is 18.0 Å². The molecular weight excluding hydrogens is 344 g/mol. The second-order valence-corrected chi connectivity index (χ2v) is 5.78. The first-order valence-corrected chi connectivity index (χ1v) is 7.02. The van der Waals surface area contributed by atoms with Crippen LogP contribution in [0.4, 0.5) is 18.9 Å². The van der Waals surface area contributed by atoms with Crippen LogP contribution in [-0.4, -0.2) is 49.3 Å². The molecule has 0 atom stereocenters. The lowest BCUT2D eigenvalue weighted by Crippen LogP contribution is -2.70. The molecule has 22 heavy (non-hydrogen) atoms. The molecule has 9 heteroatoms. The van der Waals surface area contributed by atoms with Gasteiger partial charge in [0.1, 0.15) is 0 Å². The van der Waals surface area contributed by atoms with Crippen LogP contribution in [0.3, 0.4) is 0 Å². The summed E-state index contributed by atoms with van der Waals surface area (Å²) < 4.78 is 43.0. The summed E-state index contributed by atoms with van der Waals surface area (Å²) in [6.07, 6.45) is -4.47. The zero-order valence-electron chi connectivity index (χ0n) is 11.5. The van der Waals surface area contributed by atoms with Crippen LogP contribution < -0.4 is 5.32 Å². The van der Waals surface area contributed by atoms with E-state index in [0.29, 0.717) is 5.69 Å². The SMILES string of the molecule is COC1(C(F)(F)F)CN(CC(=O)Nc2cccc(Cl)c2Cl)C1. The summed E-state index contributed by atoms with van der Waals surface area (Å²) in [4.78, 5) is 13.2. The standard InChI is InChI=1S/C13H13Cl2F3N2O2/c1-22-12(13(16,17)18)6-20(7-12)5-10(21)19-9-4-2-3-8(14)11(9)15/h2-4H,5-7H2,1H3,(H,19,21). The lowest BCUT2D eigenvalue weighted by atomic mass is 9.93. The number of rotatable bonds is 4. The summed E-state index contributed by atoms with van der Waals surface area (Å²) in [7, 11) is 1.01. The van der Waals surface area contributed by atoms with Crippen LogP contribution in [0.15, 0.2) is 18.2 Å². The van der Waals surface area contributed by atoms with Gasteiger partial charge in [0.2, 0.25) is 5.91 Å². The Morgan fingerprint density at radius 1 is 1.41 bits per heavy atom. The fourth-order valence-corrected chi connectivity index (χ4v) is 2.55. The molecule has 122 valence electrons. The van der Waals surface area contributed by atoms with Gasteiger partial charge >= 0.3 is 6.18 Å². The number of nitrogens with one attached hydrogen (secondary N) is 1. The molecule has 1 aromatic carbocycles. The number of likely N-dealkylation sites (tertiary alicyclic amines) is 1. The predicted molar refractivity (Wildman–Crippen MR) is 77.3 cm³/mol. The number of benzene rings is 1. The second-order valence-electron chi connectivity index (χ2n) is 4.99. The quantitative estimate of drug-likeness (QED) is 0.900. The molecule has 2 rings (SSSR count). The van der Waals surface area contributed by atoms with E-state index >= 15 is 0 Å². The van der Waals surface area contributed by atoms with Crippen molar-refractivity contribution < 1.29 is 22.7 Å². The van der Waals surface area contributed by atoms with Gasteiger partial charge in [-0.05, 0) is 12.1 Å². The summed E-state index contributed by atoms with van der Waals surface area (Å²) in [6, 6.07) is 4.72. The Balaban J connectivity index is 1.91. The topological polar surface area (TPSA) is 41.6 Å². The number of halogens is 5. The van der Waals surface area contributed by atoms with E-state index in [2.05, 4.69) is 10.1 Å². The summed E-state index contributed by atoms with van der Waals surface area (Å²) in [5.41, 5.74) is -1.88. The summed E-state index contributed by atoms with van der Waals surface area (Å²) in [5.74, 6) is -0.476. The number of alkyl halides is 3. The Morgan fingerprint density at radius 3 is 2.59 bits per heavy atom. The number of ether oxygens (including phenoxy) is 1. The summed E-state index contributed by atoms with van der Waals surface area (Å²) in [5, 5.41) is 2.97. The first-order valence-electron chi connectivity index (χ1n) is 6.26. The van der Waals surface area contributed by atoms with Gasteiger partial charge in [0.25, 0.3) is 0 Å². The molecule has 1 aromatic rings. The van der Waals surface area contributed by atoms with Gasteiger partial charge < -0.3 is 10.1 Å². The molecule has 0 aliphatic carbocycles. The monoisotopic (exact) mass is 356 g/mol. The minimum absolute atomic E-state index is 0.183. The van der Waals surface area contributed by atoms with Crippen molar-refractivity contribution in [3.63, 3.8) is 0 Å². The Labute approximate surface area is 135 Å². The normalized spacial score (nSPS) is 17.9. The lowest BCUT2D eigenvalue weighted by Gasteiger charge is -2.49. The van der Waals surface area contributed by atoms with Crippen molar-refractivity contribution in [3.05, 3.63) is 28.2 Å². The third-order valence-corrected chi connectivity index (χ3v) is 4.28. The molecule has 1 amide bonds. The number of hydrogen-bond donors (Lipinski definition) is 1. The van der Waals surface area contributed by atoms with Crippen LogP contribution in [0, 0.1) is 0 Å². The van der Waals surface area contributed by atoms with Gasteiger partial charge in [0, 0.05) is 20.2 Å². The van der Waals surface area contributed by atoms with E-state index in [4.69, 9.17) is 23.2 Å². The van der Waals surface area contributed by atoms with Crippen LogP contribution >= 0.6 is 23.2 Å². The van der Waals surface area contributed by atoms with Crippen LogP contribution in [-0.2, 0) is 9.53 Å². The first-order chi connectivity index (χ1) is 10.2. The lowest BCUT2D eigenvalue weighted by molar-refractivity contribution is -0.309. The smallest absolute Gasteiger partial charge is 0.366 e. The van der Waals surface area contributed by atoms with Crippen LogP contribution in [0.5, 0.6) is 0 Å². The number of methoxy groups -OCH3 is 1. The van der Waals surface area contributed by atoms with Gasteiger partial charge in [0.15, 0.2) is 5.60 Å². The number of hydrogen-bond acceptors (Lipinski definition) is 3. The molecule has 1 saturated heterocycles. The average Bonchev–Trinajstić information content (AvgIpc) is 2.37. The molecule has 1 fully saturated rings. The highest BCUT2D eigenvalue weighted by Crippen LogP contribution is 2.40. The number of nitrogens with zero attached hydrogens (tertiary/aromatic N) is 1. The summed E-state index contributed by atoms with van der Waals surface area (Å²) in [6.45, 7) is -0.961. The second kappa shape index (κ2) is 6.23. The number of carbonyl (C=O) groups is 1. The Morgan fingerprint density at radius 2 is 2.05 bits per heavy atom. The maximum absolute atomic E-state index is 12.8. The first kappa shape index (κ1) is 17.3. The number of anilines is 1. The van der Waals surface area contributed by atoms with Crippen molar-refractivity contribution in [3.8, 4) is 0 Å². The van der Waals surface area contributed by atoms with Gasteiger partial charge in [-0.1, -0.05) is 29.3 Å². The number of carbonyl (C=O) groups excluding carboxylic acids is 1. The van der Waals surface area contributed by atoms with Crippen molar-refractivity contribution in [2.75, 3.05) is 32.1 Å². The van der Waals surface area contributed by atoms with E-state index in [0.717, 1.165) is 7.11 Å². The summed E-state index contributed by atoms with van der Waals surface area (Å²) >= 11 is 11.7. The molecule has 0 unspecified atom stereocenters. The molecule has 0 bridgehead atoms. The molecule has 1 aliphatic heterocycles. The van der Waals surface area contributed by atoms with Gasteiger partial charge in [-0.2, -0.15) is 13.2 Å². The fraction of sp³-hybridized carbons (Fsp3) is 0.462. The van der Waals surface area contributed by atoms with E-state index in [1.54, 1.807) is 18.2 Å². The van der Waals surface area contributed by atoms with Gasteiger partial charge in [0.05, 0.1) is 22.3 Å². The fourth-order valence-electron chi connectivity index (χ4n) is 2.21. The molecule has 0 saturated carbocycles. The third-order valence-electron chi connectivity index (χ3n) is 3.46. The third kappa shape index (κ3) is 3.32. The minimum atomic E-state index is -4.47. The molecule has 0 spiro atoms. The highest BCUT2D eigenvalue weighted by atomic mass is 35.5. The van der Waals surface area contributed by atoms with E-state index in [1.165, 1.54) is 4.90 Å². The van der Waals surface area contributed by atoms with E-state index in [1.807, 2.05) is 0 Å². The maximum Gasteiger partial charge on any atom is 0.419 e. The Hall–Kier alpha value is -1.02. The van der Waals surface area contributed by atoms with Crippen LogP contribution in [0.1, 0.15) is 0 Å². The minimum Gasteiger partial charge on any atom is -0.366 e. The Kier molecular flexibility index (Phi) is 4.91. The van der Waals surface area contributed by atoms with Gasteiger partial charge in [-0.15, -0.1) is 0 Å². The largest absolute Gasteiger partial charge is 0.419 e.